The number of nitrogens with zero attached hydrogens (tertiary/aromatic N) is 1. The van der Waals surface area contributed by atoms with Crippen molar-refractivity contribution >= 4 is 0 Å². The first-order chi connectivity index (χ1) is 10.2. The number of piperidine rings is 1. The van der Waals surface area contributed by atoms with Gasteiger partial charge >= 0.3 is 0 Å². The van der Waals surface area contributed by atoms with Crippen LogP contribution in [-0.4, -0.2) is 44.3 Å². The van der Waals surface area contributed by atoms with Crippen molar-refractivity contribution in [2.24, 2.45) is 0 Å². The molecular formula is C17H26N2O2. The second-order valence-corrected chi connectivity index (χ2v) is 6.37. The number of nitrogens with one attached hydrogen (secondary N) is 1. The fourth-order valence-electron chi connectivity index (χ4n) is 3.78. The third-order valence-corrected chi connectivity index (χ3v) is 4.95. The van der Waals surface area contributed by atoms with Crippen molar-refractivity contribution in [2.45, 2.75) is 50.4 Å². The first kappa shape index (κ1) is 14.7. The van der Waals surface area contributed by atoms with E-state index in [4.69, 9.17) is 9.47 Å². The molecule has 2 saturated heterocycles. The molecule has 2 fully saturated rings. The van der Waals surface area contributed by atoms with E-state index in [1.807, 2.05) is 6.07 Å². The van der Waals surface area contributed by atoms with Crippen LogP contribution in [0.5, 0.6) is 11.5 Å². The third kappa shape index (κ3) is 3.16. The Hall–Kier alpha value is -1.26. The highest BCUT2D eigenvalue weighted by molar-refractivity contribution is 5.42. The molecule has 1 aromatic carbocycles. The number of methoxy groups -OCH3 is 2. The Morgan fingerprint density at radius 3 is 2.38 bits per heavy atom. The van der Waals surface area contributed by atoms with Crippen molar-refractivity contribution in [2.75, 3.05) is 21.3 Å². The van der Waals surface area contributed by atoms with Gasteiger partial charge in [-0.3, -0.25) is 4.90 Å². The first-order valence-electron chi connectivity index (χ1n) is 7.86. The summed E-state index contributed by atoms with van der Waals surface area (Å²) >= 11 is 0. The van der Waals surface area contributed by atoms with E-state index in [1.165, 1.54) is 31.2 Å². The minimum atomic E-state index is 0.692. The van der Waals surface area contributed by atoms with Crippen molar-refractivity contribution < 1.29 is 9.47 Å². The van der Waals surface area contributed by atoms with Gasteiger partial charge in [-0.15, -0.1) is 0 Å². The second-order valence-electron chi connectivity index (χ2n) is 6.37. The molecule has 2 aliphatic rings. The lowest BCUT2D eigenvalue weighted by Gasteiger charge is -2.35. The van der Waals surface area contributed by atoms with Gasteiger partial charge in [-0.1, -0.05) is 6.07 Å². The van der Waals surface area contributed by atoms with Crippen LogP contribution in [0.1, 0.15) is 31.2 Å². The van der Waals surface area contributed by atoms with E-state index in [2.05, 4.69) is 29.4 Å². The Bertz CT molecular complexity index is 480. The molecule has 2 atom stereocenters. The molecule has 0 spiro atoms. The van der Waals surface area contributed by atoms with Gasteiger partial charge in [0.2, 0.25) is 0 Å². The minimum absolute atomic E-state index is 0.692. The summed E-state index contributed by atoms with van der Waals surface area (Å²) in [6.45, 7) is 0.963. The van der Waals surface area contributed by atoms with Crippen molar-refractivity contribution in [3.05, 3.63) is 23.8 Å². The molecule has 116 valence electrons. The minimum Gasteiger partial charge on any atom is -0.493 e. The molecule has 21 heavy (non-hydrogen) atoms. The maximum atomic E-state index is 5.39. The third-order valence-electron chi connectivity index (χ3n) is 4.95. The van der Waals surface area contributed by atoms with E-state index in [9.17, 15) is 0 Å². The molecule has 1 N–H and O–H groups in total. The Kier molecular flexibility index (Phi) is 4.36. The standard InChI is InChI=1S/C17H26N2O2/c1-19(15-9-13-5-6-14(10-15)18-13)11-12-4-7-16(20-2)17(8-12)21-3/h4,7-8,13-15,18H,5-6,9-11H2,1-3H3. The van der Waals surface area contributed by atoms with E-state index in [0.29, 0.717) is 6.04 Å². The van der Waals surface area contributed by atoms with Crippen molar-refractivity contribution in [3.63, 3.8) is 0 Å². The highest BCUT2D eigenvalue weighted by Crippen LogP contribution is 2.31. The van der Waals surface area contributed by atoms with Gasteiger partial charge in [0.05, 0.1) is 14.2 Å². The molecule has 0 aliphatic carbocycles. The van der Waals surface area contributed by atoms with Crippen LogP contribution in [0.4, 0.5) is 0 Å². The molecule has 0 aromatic heterocycles. The summed E-state index contributed by atoms with van der Waals surface area (Å²) in [5, 5.41) is 3.71. The average Bonchev–Trinajstić information content (AvgIpc) is 2.85. The van der Waals surface area contributed by atoms with E-state index in [0.717, 1.165) is 30.1 Å². The fraction of sp³-hybridized carbons (Fsp3) is 0.647. The van der Waals surface area contributed by atoms with Gasteiger partial charge in [0.1, 0.15) is 0 Å². The zero-order chi connectivity index (χ0) is 14.8. The lowest BCUT2D eigenvalue weighted by Crippen LogP contribution is -2.46. The van der Waals surface area contributed by atoms with Gasteiger partial charge in [0.25, 0.3) is 0 Å². The lowest BCUT2D eigenvalue weighted by molar-refractivity contribution is 0.166. The highest BCUT2D eigenvalue weighted by Gasteiger charge is 2.34. The van der Waals surface area contributed by atoms with E-state index in [1.54, 1.807) is 14.2 Å². The predicted octanol–water partition coefficient (Wildman–Crippen LogP) is 2.42. The predicted molar refractivity (Wildman–Crippen MR) is 84.0 cm³/mol. The molecule has 3 rings (SSSR count). The van der Waals surface area contributed by atoms with Crippen LogP contribution in [0, 0.1) is 0 Å². The Morgan fingerprint density at radius 1 is 1.10 bits per heavy atom. The molecule has 4 heteroatoms. The number of hydrogen-bond donors (Lipinski definition) is 1. The summed E-state index contributed by atoms with van der Waals surface area (Å²) in [6.07, 6.45) is 5.26. The average molecular weight is 290 g/mol. The largest absolute Gasteiger partial charge is 0.493 e. The van der Waals surface area contributed by atoms with Crippen molar-refractivity contribution in [3.8, 4) is 11.5 Å². The zero-order valence-electron chi connectivity index (χ0n) is 13.3. The summed E-state index contributed by atoms with van der Waals surface area (Å²) in [5.74, 6) is 1.61. The van der Waals surface area contributed by atoms with Gasteiger partial charge in [-0.2, -0.15) is 0 Å². The smallest absolute Gasteiger partial charge is 0.161 e. The van der Waals surface area contributed by atoms with Gasteiger partial charge in [-0.25, -0.2) is 0 Å². The molecule has 2 aliphatic heterocycles. The van der Waals surface area contributed by atoms with E-state index < -0.39 is 0 Å². The Labute approximate surface area is 127 Å². The zero-order valence-corrected chi connectivity index (χ0v) is 13.3. The molecule has 1 aromatic rings. The van der Waals surface area contributed by atoms with Crippen molar-refractivity contribution in [1.82, 2.24) is 10.2 Å². The van der Waals surface area contributed by atoms with Gasteiger partial charge in [0, 0.05) is 24.7 Å². The summed E-state index contributed by atoms with van der Waals surface area (Å²) in [7, 11) is 5.61. The van der Waals surface area contributed by atoms with Gasteiger partial charge in [0.15, 0.2) is 11.5 Å². The van der Waals surface area contributed by atoms with Crippen LogP contribution in [-0.2, 0) is 6.54 Å². The number of hydrogen-bond acceptors (Lipinski definition) is 4. The molecule has 2 bridgehead atoms. The van der Waals surface area contributed by atoms with Crippen LogP contribution >= 0.6 is 0 Å². The van der Waals surface area contributed by atoms with Crippen molar-refractivity contribution in [1.29, 1.82) is 0 Å². The number of fused-ring (bicyclic) bond motifs is 2. The van der Waals surface area contributed by atoms with E-state index >= 15 is 0 Å². The van der Waals surface area contributed by atoms with E-state index in [-0.39, 0.29) is 0 Å². The Balaban J connectivity index is 1.65. The quantitative estimate of drug-likeness (QED) is 0.903. The van der Waals surface area contributed by atoms with Crippen LogP contribution in [0.25, 0.3) is 0 Å². The number of ether oxygens (including phenoxy) is 2. The molecule has 0 amide bonds. The SMILES string of the molecule is COc1ccc(CN(C)C2CC3CCC(C2)N3)cc1OC. The summed E-state index contributed by atoms with van der Waals surface area (Å²) in [6, 6.07) is 8.38. The molecule has 0 radical (unpaired) electrons. The summed E-state index contributed by atoms with van der Waals surface area (Å²) in [4.78, 5) is 2.49. The maximum absolute atomic E-state index is 5.39. The number of benzene rings is 1. The van der Waals surface area contributed by atoms with Gasteiger partial charge < -0.3 is 14.8 Å². The normalized spacial score (nSPS) is 27.9. The summed E-state index contributed by atoms with van der Waals surface area (Å²) < 4.78 is 10.7. The van der Waals surface area contributed by atoms with Crippen LogP contribution in [0.15, 0.2) is 18.2 Å². The summed E-state index contributed by atoms with van der Waals surface area (Å²) in [5.41, 5.74) is 1.28. The maximum Gasteiger partial charge on any atom is 0.161 e. The lowest BCUT2D eigenvalue weighted by atomic mass is 9.98. The Morgan fingerprint density at radius 2 is 1.76 bits per heavy atom. The molecule has 4 nitrogen and oxygen atoms in total. The highest BCUT2D eigenvalue weighted by atomic mass is 16.5. The molecule has 0 saturated carbocycles. The monoisotopic (exact) mass is 290 g/mol. The van der Waals surface area contributed by atoms with Crippen LogP contribution < -0.4 is 14.8 Å². The van der Waals surface area contributed by atoms with Crippen LogP contribution in [0.2, 0.25) is 0 Å². The molecule has 2 heterocycles. The topological polar surface area (TPSA) is 33.7 Å². The second kappa shape index (κ2) is 6.24. The van der Waals surface area contributed by atoms with Gasteiger partial charge in [-0.05, 0) is 50.4 Å². The molecular weight excluding hydrogens is 264 g/mol. The van der Waals surface area contributed by atoms with Crippen LogP contribution in [0.3, 0.4) is 0 Å². The first-order valence-corrected chi connectivity index (χ1v) is 7.86. The fourth-order valence-corrected chi connectivity index (χ4v) is 3.78. The number of rotatable bonds is 5. The molecule has 2 unspecified atom stereocenters.